The zero-order valence-electron chi connectivity index (χ0n) is 45.1. The molecule has 380 valence electrons. The zero-order valence-corrected chi connectivity index (χ0v) is 45.1. The number of furan rings is 4. The Hall–Kier alpha value is -9.58. The molecule has 0 N–H and O–H groups in total. The molecule has 3 aliphatic carbocycles. The van der Waals surface area contributed by atoms with E-state index in [1.165, 1.54) is 77.5 Å². The summed E-state index contributed by atoms with van der Waals surface area (Å²) in [7, 11) is 0. The van der Waals surface area contributed by atoms with Crippen LogP contribution in [0, 0.1) is 0 Å². The first-order valence-corrected chi connectivity index (χ1v) is 28.0. The van der Waals surface area contributed by atoms with E-state index in [1.807, 2.05) is 18.2 Å². The third-order valence-corrected chi connectivity index (χ3v) is 19.1. The standard InChI is InChI=1S/C75H51NO4/c1-73(2)55-31-32-65-70(50-17-9-13-21-63(50)77-65)69(55)54-39-58-53(38-59(54)73)44-28-24-41(34-56(44)74(58,3)4)76(43-25-29-48-46-16-8-12-20-62(46)79-67(48)36-43)42-26-30-49-57(35-42)75(5,6)60-37-52(72-71(68(49)60)51-18-10-14-22-64(51)80-72)40-23-27-47-45-15-7-11-19-61(45)78-66(47)33-40/h7-39H,1-6H3. The highest BCUT2D eigenvalue weighted by molar-refractivity contribution is 6.20. The van der Waals surface area contributed by atoms with E-state index < -0.39 is 0 Å². The smallest absolute Gasteiger partial charge is 0.143 e. The molecular weight excluding hydrogens is 979 g/mol. The summed E-state index contributed by atoms with van der Waals surface area (Å²) in [5.74, 6) is 0. The van der Waals surface area contributed by atoms with E-state index in [2.05, 4.69) is 228 Å². The molecule has 80 heavy (non-hydrogen) atoms. The fraction of sp³-hybridized carbons (Fsp3) is 0.120. The number of nitrogens with zero attached hydrogens (tertiary/aromatic N) is 1. The quantitative estimate of drug-likeness (QED) is 0.176. The Morgan fingerprint density at radius 3 is 1.43 bits per heavy atom. The Labute approximate surface area is 460 Å². The summed E-state index contributed by atoms with van der Waals surface area (Å²) >= 11 is 0. The summed E-state index contributed by atoms with van der Waals surface area (Å²) in [6, 6.07) is 73.2. The molecule has 0 aliphatic heterocycles. The summed E-state index contributed by atoms with van der Waals surface area (Å²) in [6.45, 7) is 14.4. The first-order chi connectivity index (χ1) is 38.9. The van der Waals surface area contributed by atoms with Gasteiger partial charge in [0.25, 0.3) is 0 Å². The van der Waals surface area contributed by atoms with Crippen LogP contribution in [-0.2, 0) is 16.2 Å². The van der Waals surface area contributed by atoms with E-state index in [1.54, 1.807) is 0 Å². The lowest BCUT2D eigenvalue weighted by Gasteiger charge is -2.29. The summed E-state index contributed by atoms with van der Waals surface area (Å²) < 4.78 is 26.6. The molecule has 0 unspecified atom stereocenters. The Morgan fingerprint density at radius 2 is 0.725 bits per heavy atom. The van der Waals surface area contributed by atoms with E-state index in [9.17, 15) is 0 Å². The van der Waals surface area contributed by atoms with Gasteiger partial charge in [-0.2, -0.15) is 0 Å². The molecule has 3 aliphatic rings. The van der Waals surface area contributed by atoms with Gasteiger partial charge >= 0.3 is 0 Å². The van der Waals surface area contributed by atoms with Crippen LogP contribution >= 0.6 is 0 Å². The maximum atomic E-state index is 6.95. The van der Waals surface area contributed by atoms with Gasteiger partial charge in [0.15, 0.2) is 0 Å². The molecule has 0 amide bonds. The lowest BCUT2D eigenvalue weighted by atomic mass is 9.79. The third-order valence-electron chi connectivity index (χ3n) is 19.1. The van der Waals surface area contributed by atoms with Crippen molar-refractivity contribution in [1.82, 2.24) is 0 Å². The summed E-state index contributed by atoms with van der Waals surface area (Å²) in [4.78, 5) is 2.45. The van der Waals surface area contributed by atoms with Gasteiger partial charge < -0.3 is 22.6 Å². The first-order valence-electron chi connectivity index (χ1n) is 28.0. The number of para-hydroxylation sites is 4. The minimum Gasteiger partial charge on any atom is -0.456 e. The normalized spacial score (nSPS) is 15.2. The average molecular weight is 1030 g/mol. The lowest BCUT2D eigenvalue weighted by Crippen LogP contribution is -2.18. The van der Waals surface area contributed by atoms with Crippen molar-refractivity contribution in [3.05, 3.63) is 234 Å². The number of benzene rings is 11. The predicted molar refractivity (Wildman–Crippen MR) is 328 cm³/mol. The van der Waals surface area contributed by atoms with Gasteiger partial charge in [-0.05, 0) is 169 Å². The van der Waals surface area contributed by atoms with Crippen LogP contribution in [0.5, 0.6) is 0 Å². The molecule has 0 bridgehead atoms. The zero-order chi connectivity index (χ0) is 53.3. The largest absolute Gasteiger partial charge is 0.456 e. The van der Waals surface area contributed by atoms with Crippen molar-refractivity contribution in [2.75, 3.05) is 4.90 Å². The van der Waals surface area contributed by atoms with Crippen LogP contribution in [0.1, 0.15) is 74.9 Å². The molecular formula is C75H51NO4. The SMILES string of the molecule is CC1(C)c2cc(N(c3ccc4c(c3)C(C)(C)c3cc(-c5ccc6c(c5)oc5ccccc56)c5oc6ccccc6c5c3-4)c3ccc4c(c3)oc3ccccc34)ccc2-c2cc3c(cc21)-c1c(ccc2oc4ccccc4c12)C3(C)C. The van der Waals surface area contributed by atoms with Crippen molar-refractivity contribution >= 4 is 105 Å². The van der Waals surface area contributed by atoms with Crippen LogP contribution in [0.2, 0.25) is 0 Å². The summed E-state index contributed by atoms with van der Waals surface area (Å²) in [5, 5.41) is 9.08. The second-order valence-corrected chi connectivity index (χ2v) is 24.3. The highest BCUT2D eigenvalue weighted by atomic mass is 16.3. The van der Waals surface area contributed by atoms with Crippen molar-refractivity contribution < 1.29 is 17.7 Å². The lowest BCUT2D eigenvalue weighted by molar-refractivity contribution is 0.651. The maximum absolute atomic E-state index is 6.95. The van der Waals surface area contributed by atoms with Gasteiger partial charge in [-0.15, -0.1) is 0 Å². The van der Waals surface area contributed by atoms with Gasteiger partial charge in [0.2, 0.25) is 0 Å². The minimum absolute atomic E-state index is 0.200. The van der Waals surface area contributed by atoms with Gasteiger partial charge in [-0.3, -0.25) is 0 Å². The highest BCUT2D eigenvalue weighted by Crippen LogP contribution is 2.60. The predicted octanol–water partition coefficient (Wildman–Crippen LogP) is 21.3. The topological polar surface area (TPSA) is 55.8 Å². The van der Waals surface area contributed by atoms with Crippen LogP contribution in [0.15, 0.2) is 218 Å². The van der Waals surface area contributed by atoms with E-state index in [0.29, 0.717) is 0 Å². The molecule has 0 atom stereocenters. The van der Waals surface area contributed by atoms with Gasteiger partial charge in [0.1, 0.15) is 44.7 Å². The average Bonchev–Trinajstić information content (AvgIpc) is 4.30. The molecule has 4 heterocycles. The molecule has 18 rings (SSSR count). The van der Waals surface area contributed by atoms with Crippen molar-refractivity contribution in [2.45, 2.75) is 57.8 Å². The molecule has 0 spiro atoms. The van der Waals surface area contributed by atoms with Crippen molar-refractivity contribution in [3.63, 3.8) is 0 Å². The van der Waals surface area contributed by atoms with Gasteiger partial charge in [-0.25, -0.2) is 0 Å². The molecule has 5 nitrogen and oxygen atoms in total. The molecule has 0 saturated heterocycles. The number of anilines is 3. The number of hydrogen-bond acceptors (Lipinski definition) is 5. The minimum atomic E-state index is -0.386. The second-order valence-electron chi connectivity index (χ2n) is 24.3. The van der Waals surface area contributed by atoms with E-state index in [-0.39, 0.29) is 16.2 Å². The summed E-state index contributed by atoms with van der Waals surface area (Å²) in [6.07, 6.45) is 0. The molecule has 5 heteroatoms. The van der Waals surface area contributed by atoms with Gasteiger partial charge in [0, 0.05) is 88.0 Å². The van der Waals surface area contributed by atoms with Crippen molar-refractivity contribution in [3.8, 4) is 44.5 Å². The molecule has 0 saturated carbocycles. The maximum Gasteiger partial charge on any atom is 0.143 e. The van der Waals surface area contributed by atoms with Crippen LogP contribution in [0.25, 0.3) is 132 Å². The number of rotatable bonds is 4. The van der Waals surface area contributed by atoms with Crippen LogP contribution in [-0.4, -0.2) is 0 Å². The second kappa shape index (κ2) is 15.0. The van der Waals surface area contributed by atoms with Gasteiger partial charge in [-0.1, -0.05) is 139 Å². The molecule has 11 aromatic carbocycles. The van der Waals surface area contributed by atoms with E-state index in [4.69, 9.17) is 17.7 Å². The van der Waals surface area contributed by atoms with E-state index in [0.717, 1.165) is 105 Å². The highest BCUT2D eigenvalue weighted by Gasteiger charge is 2.44. The third kappa shape index (κ3) is 5.61. The fourth-order valence-electron chi connectivity index (χ4n) is 15.0. The first kappa shape index (κ1) is 44.4. The fourth-order valence-corrected chi connectivity index (χ4v) is 15.0. The number of fused-ring (bicyclic) bond motifs is 23. The monoisotopic (exact) mass is 1030 g/mol. The van der Waals surface area contributed by atoms with Crippen LogP contribution in [0.4, 0.5) is 17.1 Å². The molecule has 15 aromatic rings. The number of hydrogen-bond donors (Lipinski definition) is 0. The Morgan fingerprint density at radius 1 is 0.275 bits per heavy atom. The Bertz CT molecular complexity index is 5300. The Balaban J connectivity index is 0.816. The summed E-state index contributed by atoms with van der Waals surface area (Å²) in [5.41, 5.74) is 27.1. The van der Waals surface area contributed by atoms with Gasteiger partial charge in [0.05, 0.1) is 0 Å². The Kier molecular flexibility index (Phi) is 8.30. The molecule has 0 fully saturated rings. The van der Waals surface area contributed by atoms with Crippen molar-refractivity contribution in [2.24, 2.45) is 0 Å². The molecule has 0 radical (unpaired) electrons. The van der Waals surface area contributed by atoms with Crippen LogP contribution in [0.3, 0.4) is 0 Å². The van der Waals surface area contributed by atoms with Crippen LogP contribution < -0.4 is 4.90 Å². The van der Waals surface area contributed by atoms with E-state index >= 15 is 0 Å². The molecule has 4 aromatic heterocycles. The van der Waals surface area contributed by atoms with Crippen molar-refractivity contribution in [1.29, 1.82) is 0 Å².